The van der Waals surface area contributed by atoms with E-state index in [1.807, 2.05) is 45.0 Å². The number of methoxy groups -OCH3 is 1. The third-order valence-corrected chi connectivity index (χ3v) is 6.41. The van der Waals surface area contributed by atoms with Crippen LogP contribution in [0.2, 0.25) is 10.0 Å². The monoisotopic (exact) mass is 496 g/mol. The molecular weight excluding hydrogens is 467 g/mol. The molecule has 1 atom stereocenters. The van der Waals surface area contributed by atoms with E-state index in [2.05, 4.69) is 5.32 Å². The molecular formula is C24H30Cl2N2O3S. The van der Waals surface area contributed by atoms with E-state index in [1.54, 1.807) is 32.2 Å². The Labute approximate surface area is 204 Å². The zero-order valence-electron chi connectivity index (χ0n) is 19.1. The predicted octanol–water partition coefficient (Wildman–Crippen LogP) is 5.57. The van der Waals surface area contributed by atoms with Gasteiger partial charge in [0.15, 0.2) is 0 Å². The second kappa shape index (κ2) is 11.8. The average Bonchev–Trinajstić information content (AvgIpc) is 2.72. The molecule has 0 radical (unpaired) electrons. The van der Waals surface area contributed by atoms with Gasteiger partial charge in [-0.15, -0.1) is 11.8 Å². The van der Waals surface area contributed by atoms with Crippen molar-refractivity contribution in [2.24, 2.45) is 0 Å². The molecule has 0 aliphatic carbocycles. The number of amides is 2. The average molecular weight is 497 g/mol. The molecule has 0 aliphatic rings. The fourth-order valence-electron chi connectivity index (χ4n) is 2.97. The lowest BCUT2D eigenvalue weighted by molar-refractivity contribution is -0.139. The summed E-state index contributed by atoms with van der Waals surface area (Å²) >= 11 is 14.2. The van der Waals surface area contributed by atoms with Gasteiger partial charge in [-0.1, -0.05) is 41.4 Å². The Kier molecular flexibility index (Phi) is 9.74. The number of carbonyl (C=O) groups is 2. The number of carbonyl (C=O) groups excluding carboxylic acids is 2. The first-order valence-electron chi connectivity index (χ1n) is 10.3. The summed E-state index contributed by atoms with van der Waals surface area (Å²) in [4.78, 5) is 27.6. The van der Waals surface area contributed by atoms with E-state index in [0.29, 0.717) is 21.4 Å². The summed E-state index contributed by atoms with van der Waals surface area (Å²) in [6.45, 7) is 7.58. The molecule has 8 heteroatoms. The largest absolute Gasteiger partial charge is 0.497 e. The minimum absolute atomic E-state index is 0.152. The zero-order chi connectivity index (χ0) is 23.9. The Morgan fingerprint density at radius 3 is 2.22 bits per heavy atom. The van der Waals surface area contributed by atoms with Crippen LogP contribution in [0.3, 0.4) is 0 Å². The van der Waals surface area contributed by atoms with Crippen LogP contribution in [0.4, 0.5) is 0 Å². The normalized spacial score (nSPS) is 12.2. The van der Waals surface area contributed by atoms with Gasteiger partial charge in [0.2, 0.25) is 11.8 Å². The molecule has 2 rings (SSSR count). The Morgan fingerprint density at radius 1 is 1.09 bits per heavy atom. The van der Waals surface area contributed by atoms with Crippen molar-refractivity contribution < 1.29 is 14.3 Å². The number of thioether (sulfide) groups is 1. The number of ether oxygens (including phenoxy) is 1. The second-order valence-electron chi connectivity index (χ2n) is 8.48. The summed E-state index contributed by atoms with van der Waals surface area (Å²) in [5.41, 5.74) is 1.30. The molecule has 0 saturated carbocycles. The Hall–Kier alpha value is -1.89. The van der Waals surface area contributed by atoms with Crippen molar-refractivity contribution in [1.82, 2.24) is 10.2 Å². The van der Waals surface area contributed by atoms with Gasteiger partial charge in [0.1, 0.15) is 11.8 Å². The van der Waals surface area contributed by atoms with Crippen molar-refractivity contribution in [3.8, 4) is 5.75 Å². The third-order valence-electron chi connectivity index (χ3n) is 4.71. The molecule has 0 fully saturated rings. The Balaban J connectivity index is 2.14. The first-order valence-corrected chi connectivity index (χ1v) is 12.2. The van der Waals surface area contributed by atoms with E-state index in [1.165, 1.54) is 16.7 Å². The zero-order valence-corrected chi connectivity index (χ0v) is 21.4. The summed E-state index contributed by atoms with van der Waals surface area (Å²) in [5.74, 6) is 1.29. The number of rotatable bonds is 9. The maximum Gasteiger partial charge on any atom is 0.242 e. The van der Waals surface area contributed by atoms with Crippen LogP contribution in [0.15, 0.2) is 42.5 Å². The molecule has 0 aromatic heterocycles. The molecule has 0 spiro atoms. The highest BCUT2D eigenvalue weighted by molar-refractivity contribution is 7.99. The maximum atomic E-state index is 13.2. The lowest BCUT2D eigenvalue weighted by Crippen LogP contribution is -2.52. The van der Waals surface area contributed by atoms with Crippen LogP contribution in [0.1, 0.15) is 38.8 Å². The van der Waals surface area contributed by atoms with Crippen molar-refractivity contribution in [3.63, 3.8) is 0 Å². The molecule has 1 N–H and O–H groups in total. The Bertz CT molecular complexity index is 910. The van der Waals surface area contributed by atoms with Crippen LogP contribution in [0.5, 0.6) is 5.75 Å². The Morgan fingerprint density at radius 2 is 1.69 bits per heavy atom. The molecule has 0 saturated heterocycles. The smallest absolute Gasteiger partial charge is 0.242 e. The van der Waals surface area contributed by atoms with Crippen molar-refractivity contribution in [1.29, 1.82) is 0 Å². The van der Waals surface area contributed by atoms with Crippen LogP contribution < -0.4 is 10.1 Å². The summed E-state index contributed by atoms with van der Waals surface area (Å²) in [7, 11) is 1.62. The minimum atomic E-state index is -0.685. The van der Waals surface area contributed by atoms with Gasteiger partial charge in [-0.2, -0.15) is 0 Å². The number of nitrogens with one attached hydrogen (secondary N) is 1. The minimum Gasteiger partial charge on any atom is -0.497 e. The second-order valence-corrected chi connectivity index (χ2v) is 10.3. The van der Waals surface area contributed by atoms with Gasteiger partial charge in [0.25, 0.3) is 0 Å². The van der Waals surface area contributed by atoms with Gasteiger partial charge in [0.05, 0.1) is 12.9 Å². The van der Waals surface area contributed by atoms with Crippen LogP contribution in [0.25, 0.3) is 0 Å². The van der Waals surface area contributed by atoms with Gasteiger partial charge in [-0.05, 0) is 57.5 Å². The standard InChI is InChI=1S/C24H30Cl2N2O3S/c1-16(23(30)27-24(2,3)4)28(13-19-20(25)7-6-8-21(19)26)22(29)15-32-14-17-9-11-18(31-5)12-10-17/h6-12,16H,13-15H2,1-5H3,(H,27,30)/t16-/m1/s1. The molecule has 2 amide bonds. The van der Waals surface area contributed by atoms with Gasteiger partial charge in [-0.3, -0.25) is 9.59 Å². The molecule has 174 valence electrons. The SMILES string of the molecule is COc1ccc(CSCC(=O)N(Cc2c(Cl)cccc2Cl)[C@H](C)C(=O)NC(C)(C)C)cc1. The molecule has 0 bridgehead atoms. The molecule has 0 unspecified atom stereocenters. The first-order chi connectivity index (χ1) is 15.0. The number of halogens is 2. The summed E-state index contributed by atoms with van der Waals surface area (Å²) in [6.07, 6.45) is 0. The van der Waals surface area contributed by atoms with Crippen LogP contribution in [0, 0.1) is 0 Å². The van der Waals surface area contributed by atoms with E-state index in [9.17, 15) is 9.59 Å². The molecule has 0 aliphatic heterocycles. The van der Waals surface area contributed by atoms with E-state index in [-0.39, 0.29) is 24.1 Å². The van der Waals surface area contributed by atoms with Gasteiger partial charge in [0, 0.05) is 33.4 Å². The van der Waals surface area contributed by atoms with E-state index in [4.69, 9.17) is 27.9 Å². The number of benzene rings is 2. The quantitative estimate of drug-likeness (QED) is 0.492. The van der Waals surface area contributed by atoms with Crippen LogP contribution in [-0.4, -0.2) is 41.2 Å². The molecule has 5 nitrogen and oxygen atoms in total. The van der Waals surface area contributed by atoms with Crippen LogP contribution in [-0.2, 0) is 21.9 Å². The van der Waals surface area contributed by atoms with Crippen molar-refractivity contribution in [3.05, 3.63) is 63.6 Å². The van der Waals surface area contributed by atoms with Gasteiger partial charge < -0.3 is 15.0 Å². The van der Waals surface area contributed by atoms with Crippen molar-refractivity contribution in [2.45, 2.75) is 51.6 Å². The summed E-state index contributed by atoms with van der Waals surface area (Å²) in [5, 5.41) is 3.87. The van der Waals surface area contributed by atoms with E-state index >= 15 is 0 Å². The highest BCUT2D eigenvalue weighted by Crippen LogP contribution is 2.27. The highest BCUT2D eigenvalue weighted by atomic mass is 35.5. The molecule has 2 aromatic rings. The lowest BCUT2D eigenvalue weighted by atomic mass is 10.1. The number of hydrogen-bond acceptors (Lipinski definition) is 4. The van der Waals surface area contributed by atoms with E-state index < -0.39 is 11.6 Å². The fourth-order valence-corrected chi connectivity index (χ4v) is 4.36. The topological polar surface area (TPSA) is 58.6 Å². The maximum absolute atomic E-state index is 13.2. The molecule has 2 aromatic carbocycles. The predicted molar refractivity (Wildman–Crippen MR) is 134 cm³/mol. The van der Waals surface area contributed by atoms with Crippen molar-refractivity contribution >= 4 is 46.8 Å². The first kappa shape index (κ1) is 26.4. The van der Waals surface area contributed by atoms with Gasteiger partial charge >= 0.3 is 0 Å². The number of hydrogen-bond donors (Lipinski definition) is 1. The molecule has 0 heterocycles. The van der Waals surface area contributed by atoms with Gasteiger partial charge in [-0.25, -0.2) is 0 Å². The fraction of sp³-hybridized carbons (Fsp3) is 0.417. The summed E-state index contributed by atoms with van der Waals surface area (Å²) < 4.78 is 5.18. The highest BCUT2D eigenvalue weighted by Gasteiger charge is 2.29. The summed E-state index contributed by atoms with van der Waals surface area (Å²) in [6, 6.07) is 12.2. The lowest BCUT2D eigenvalue weighted by Gasteiger charge is -2.32. The van der Waals surface area contributed by atoms with Crippen molar-refractivity contribution in [2.75, 3.05) is 12.9 Å². The van der Waals surface area contributed by atoms with E-state index in [0.717, 1.165) is 11.3 Å². The molecule has 32 heavy (non-hydrogen) atoms. The third kappa shape index (κ3) is 7.91. The van der Waals surface area contributed by atoms with Crippen LogP contribution >= 0.6 is 35.0 Å². The number of nitrogens with zero attached hydrogens (tertiary/aromatic N) is 1.